The highest BCUT2D eigenvalue weighted by Gasteiger charge is 2.17. The lowest BCUT2D eigenvalue weighted by molar-refractivity contribution is -0.120. The number of benzene rings is 2. The number of methoxy groups -OCH3 is 1. The van der Waals surface area contributed by atoms with Gasteiger partial charge in [-0.25, -0.2) is 4.98 Å². The van der Waals surface area contributed by atoms with E-state index < -0.39 is 0 Å². The minimum Gasteiger partial charge on any atom is -0.497 e. The maximum absolute atomic E-state index is 12.5. The largest absolute Gasteiger partial charge is 0.497 e. The average Bonchev–Trinajstić information content (AvgIpc) is 3.30. The molecule has 152 valence electrons. The average molecular weight is 419 g/mol. The summed E-state index contributed by atoms with van der Waals surface area (Å²) < 4.78 is 10.6. The van der Waals surface area contributed by atoms with Crippen LogP contribution in [-0.2, 0) is 11.3 Å². The molecule has 2 aromatic carbocycles. The number of amides is 1. The molecule has 4 aromatic rings. The van der Waals surface area contributed by atoms with Gasteiger partial charge >= 0.3 is 0 Å². The van der Waals surface area contributed by atoms with Crippen LogP contribution in [-0.4, -0.2) is 23.3 Å². The van der Waals surface area contributed by atoms with Gasteiger partial charge in [-0.2, -0.15) is 0 Å². The zero-order valence-corrected chi connectivity index (χ0v) is 17.6. The van der Waals surface area contributed by atoms with Crippen LogP contribution in [0.2, 0.25) is 0 Å². The van der Waals surface area contributed by atoms with Crippen molar-refractivity contribution >= 4 is 28.6 Å². The highest BCUT2D eigenvalue weighted by Crippen LogP contribution is 2.34. The second-order valence-electron chi connectivity index (χ2n) is 6.81. The summed E-state index contributed by atoms with van der Waals surface area (Å²) >= 11 is 1.43. The van der Waals surface area contributed by atoms with Gasteiger partial charge in [-0.15, -0.1) is 0 Å². The number of thioether (sulfide) groups is 1. The first-order valence-corrected chi connectivity index (χ1v) is 10.5. The van der Waals surface area contributed by atoms with Gasteiger partial charge in [-0.05, 0) is 48.4 Å². The van der Waals surface area contributed by atoms with Crippen LogP contribution in [0.25, 0.3) is 22.0 Å². The van der Waals surface area contributed by atoms with Gasteiger partial charge in [-0.1, -0.05) is 42.1 Å². The molecule has 2 aromatic heterocycles. The second-order valence-corrected chi connectivity index (χ2v) is 8.18. The first-order chi connectivity index (χ1) is 14.6. The Bertz CT molecular complexity index is 1140. The van der Waals surface area contributed by atoms with Crippen molar-refractivity contribution in [1.82, 2.24) is 10.3 Å². The van der Waals surface area contributed by atoms with Gasteiger partial charge in [0.1, 0.15) is 11.5 Å². The molecule has 0 radical (unpaired) electrons. The van der Waals surface area contributed by atoms with Gasteiger partial charge in [0.05, 0.1) is 35.7 Å². The number of hydrogen-bond donors (Lipinski definition) is 1. The molecular formula is C24H22N2O3S. The third-order valence-corrected chi connectivity index (χ3v) is 5.78. The van der Waals surface area contributed by atoms with E-state index in [2.05, 4.69) is 17.4 Å². The quantitative estimate of drug-likeness (QED) is 0.413. The number of carbonyl (C=O) groups is 1. The SMILES string of the molecule is COc1ccc2c(-c3ccccc3)cc(S[C@@H](C)C(=O)NCc3ccco3)nc2c1. The van der Waals surface area contributed by atoms with Crippen LogP contribution in [0.1, 0.15) is 12.7 Å². The van der Waals surface area contributed by atoms with Gasteiger partial charge in [0, 0.05) is 11.5 Å². The highest BCUT2D eigenvalue weighted by atomic mass is 32.2. The summed E-state index contributed by atoms with van der Waals surface area (Å²) in [5.74, 6) is 1.41. The number of pyridine rings is 1. The van der Waals surface area contributed by atoms with E-state index >= 15 is 0 Å². The van der Waals surface area contributed by atoms with Crippen molar-refractivity contribution in [2.24, 2.45) is 0 Å². The van der Waals surface area contributed by atoms with Crippen molar-refractivity contribution in [3.05, 3.63) is 78.8 Å². The van der Waals surface area contributed by atoms with Crippen LogP contribution in [0.3, 0.4) is 0 Å². The Hall–Kier alpha value is -3.25. The Morgan fingerprint density at radius 1 is 1.13 bits per heavy atom. The number of rotatable bonds is 7. The number of fused-ring (bicyclic) bond motifs is 1. The Kier molecular flexibility index (Phi) is 6.05. The van der Waals surface area contributed by atoms with E-state index in [4.69, 9.17) is 14.1 Å². The number of nitrogens with one attached hydrogen (secondary N) is 1. The van der Waals surface area contributed by atoms with Gasteiger partial charge in [0.2, 0.25) is 5.91 Å². The fourth-order valence-electron chi connectivity index (χ4n) is 3.19. The molecule has 30 heavy (non-hydrogen) atoms. The summed E-state index contributed by atoms with van der Waals surface area (Å²) in [5.41, 5.74) is 3.02. The fraction of sp³-hybridized carbons (Fsp3) is 0.167. The first-order valence-electron chi connectivity index (χ1n) is 9.65. The van der Waals surface area contributed by atoms with Crippen molar-refractivity contribution < 1.29 is 13.9 Å². The number of carbonyl (C=O) groups excluding carboxylic acids is 1. The molecule has 0 aliphatic heterocycles. The van der Waals surface area contributed by atoms with Gasteiger partial charge in [0.15, 0.2) is 0 Å². The monoisotopic (exact) mass is 418 g/mol. The molecule has 0 unspecified atom stereocenters. The minimum absolute atomic E-state index is 0.0646. The maximum Gasteiger partial charge on any atom is 0.233 e. The van der Waals surface area contributed by atoms with Crippen LogP contribution >= 0.6 is 11.8 Å². The zero-order chi connectivity index (χ0) is 20.9. The van der Waals surface area contributed by atoms with E-state index in [1.165, 1.54) is 11.8 Å². The van der Waals surface area contributed by atoms with Gasteiger partial charge in [-0.3, -0.25) is 4.79 Å². The second kappa shape index (κ2) is 9.05. The summed E-state index contributed by atoms with van der Waals surface area (Å²) in [7, 11) is 1.64. The molecule has 0 aliphatic rings. The number of nitrogens with zero attached hydrogens (tertiary/aromatic N) is 1. The van der Waals surface area contributed by atoms with E-state index in [0.29, 0.717) is 6.54 Å². The van der Waals surface area contributed by atoms with Crippen molar-refractivity contribution in [2.75, 3.05) is 7.11 Å². The summed E-state index contributed by atoms with van der Waals surface area (Å²) in [4.78, 5) is 17.3. The van der Waals surface area contributed by atoms with E-state index in [-0.39, 0.29) is 11.2 Å². The Morgan fingerprint density at radius 2 is 1.97 bits per heavy atom. The third-order valence-electron chi connectivity index (χ3n) is 4.76. The predicted molar refractivity (Wildman–Crippen MR) is 120 cm³/mol. The number of ether oxygens (including phenoxy) is 1. The lowest BCUT2D eigenvalue weighted by atomic mass is 10.0. The van der Waals surface area contributed by atoms with Gasteiger partial charge in [0.25, 0.3) is 0 Å². The molecule has 4 rings (SSSR count). The molecule has 2 heterocycles. The Balaban J connectivity index is 1.62. The third kappa shape index (κ3) is 4.49. The molecule has 5 nitrogen and oxygen atoms in total. The molecule has 1 amide bonds. The molecule has 0 bridgehead atoms. The topological polar surface area (TPSA) is 64.4 Å². The van der Waals surface area contributed by atoms with Crippen LogP contribution in [0.15, 0.2) is 82.4 Å². The molecule has 0 saturated carbocycles. The molecule has 0 aliphatic carbocycles. The molecular weight excluding hydrogens is 396 g/mol. The van der Waals surface area contributed by atoms with Crippen molar-refractivity contribution in [2.45, 2.75) is 23.7 Å². The smallest absolute Gasteiger partial charge is 0.233 e. The highest BCUT2D eigenvalue weighted by molar-refractivity contribution is 8.00. The summed E-state index contributed by atoms with van der Waals surface area (Å²) in [6.07, 6.45) is 1.60. The number of aromatic nitrogens is 1. The van der Waals surface area contributed by atoms with E-state index in [1.54, 1.807) is 19.4 Å². The van der Waals surface area contributed by atoms with E-state index in [0.717, 1.165) is 38.6 Å². The fourth-order valence-corrected chi connectivity index (χ4v) is 4.08. The molecule has 1 N–H and O–H groups in total. The Labute approximate surface area is 179 Å². The Morgan fingerprint density at radius 3 is 2.70 bits per heavy atom. The van der Waals surface area contributed by atoms with Crippen LogP contribution in [0.4, 0.5) is 0 Å². The van der Waals surface area contributed by atoms with Crippen molar-refractivity contribution in [1.29, 1.82) is 0 Å². The first kappa shape index (κ1) is 20.0. The lowest BCUT2D eigenvalue weighted by Crippen LogP contribution is -2.30. The van der Waals surface area contributed by atoms with Crippen molar-refractivity contribution in [3.63, 3.8) is 0 Å². The van der Waals surface area contributed by atoms with Crippen molar-refractivity contribution in [3.8, 4) is 16.9 Å². The van der Waals surface area contributed by atoms with Crippen LogP contribution in [0, 0.1) is 0 Å². The maximum atomic E-state index is 12.5. The molecule has 1 atom stereocenters. The minimum atomic E-state index is -0.306. The van der Waals surface area contributed by atoms with Crippen LogP contribution < -0.4 is 10.1 Å². The lowest BCUT2D eigenvalue weighted by Gasteiger charge is -2.14. The molecule has 0 fully saturated rings. The standard InChI is InChI=1S/C24H22N2O3S/c1-16(24(27)25-15-19-9-6-12-29-19)30-23-14-21(17-7-4-3-5-8-17)20-11-10-18(28-2)13-22(20)26-23/h3-14,16H,15H2,1-2H3,(H,25,27)/t16-/m0/s1. The molecule has 6 heteroatoms. The summed E-state index contributed by atoms with van der Waals surface area (Å²) in [6, 6.07) is 21.8. The van der Waals surface area contributed by atoms with E-state index in [1.807, 2.05) is 55.5 Å². The summed E-state index contributed by atoms with van der Waals surface area (Å²) in [5, 5.41) is 4.43. The predicted octanol–water partition coefficient (Wildman–Crippen LogP) is 5.30. The zero-order valence-electron chi connectivity index (χ0n) is 16.8. The molecule has 0 spiro atoms. The van der Waals surface area contributed by atoms with E-state index in [9.17, 15) is 4.79 Å². The number of hydrogen-bond acceptors (Lipinski definition) is 5. The summed E-state index contributed by atoms with van der Waals surface area (Å²) in [6.45, 7) is 2.25. The molecule has 0 saturated heterocycles. The van der Waals surface area contributed by atoms with Crippen LogP contribution in [0.5, 0.6) is 5.75 Å². The normalized spacial score (nSPS) is 11.9. The number of furan rings is 1. The van der Waals surface area contributed by atoms with Gasteiger partial charge < -0.3 is 14.5 Å².